The van der Waals surface area contributed by atoms with E-state index in [2.05, 4.69) is 93.6 Å². The minimum Gasteiger partial charge on any atom is -0.414 e. The smallest absolute Gasteiger partial charge is 0.192 e. The van der Waals surface area contributed by atoms with Gasteiger partial charge in [0.15, 0.2) is 8.32 Å². The largest absolute Gasteiger partial charge is 0.414 e. The Morgan fingerprint density at radius 2 is 1.70 bits per heavy atom. The Morgan fingerprint density at radius 3 is 2.30 bits per heavy atom. The van der Waals surface area contributed by atoms with Crippen molar-refractivity contribution < 1.29 is 23.7 Å². The minimum atomic E-state index is -1.82. The highest BCUT2D eigenvalue weighted by atomic mass is 28.4. The first-order valence-electron chi connectivity index (χ1n) is 17.0. The molecule has 6 heteroatoms. The molecule has 0 amide bonds. The van der Waals surface area contributed by atoms with Gasteiger partial charge in [0, 0.05) is 17.9 Å². The molecule has 1 saturated heterocycles. The molecule has 0 saturated carbocycles. The molecule has 7 atom stereocenters. The Balaban J connectivity index is 1.84. The van der Waals surface area contributed by atoms with E-state index in [1.807, 2.05) is 24.3 Å². The van der Waals surface area contributed by atoms with Gasteiger partial charge in [0.2, 0.25) is 0 Å². The van der Waals surface area contributed by atoms with E-state index < -0.39 is 14.4 Å². The molecule has 0 bridgehead atoms. The molecule has 1 N–H and O–H groups in total. The minimum absolute atomic E-state index is 0.0547. The van der Waals surface area contributed by atoms with Crippen LogP contribution in [0.2, 0.25) is 18.1 Å². The van der Waals surface area contributed by atoms with Gasteiger partial charge < -0.3 is 23.7 Å². The Bertz CT molecular complexity index is 919. The zero-order chi connectivity index (χ0) is 32.3. The fraction of sp³-hybridized carbons (Fsp3) is 0.784. The van der Waals surface area contributed by atoms with Gasteiger partial charge in [-0.25, -0.2) is 0 Å². The fourth-order valence-corrected chi connectivity index (χ4v) is 6.98. The summed E-state index contributed by atoms with van der Waals surface area (Å²) in [6.07, 6.45) is 11.1. The van der Waals surface area contributed by atoms with Crippen molar-refractivity contribution in [1.29, 1.82) is 0 Å². The second-order valence-corrected chi connectivity index (χ2v) is 20.3. The molecule has 5 nitrogen and oxygen atoms in total. The highest BCUT2D eigenvalue weighted by molar-refractivity contribution is 6.74. The lowest BCUT2D eigenvalue weighted by Crippen LogP contribution is -2.44. The maximum absolute atomic E-state index is 11.0. The Morgan fingerprint density at radius 1 is 1.02 bits per heavy atom. The molecule has 1 fully saturated rings. The molecule has 1 aromatic carbocycles. The highest BCUT2D eigenvalue weighted by Crippen LogP contribution is 2.39. The van der Waals surface area contributed by atoms with E-state index in [4.69, 9.17) is 18.6 Å². The summed E-state index contributed by atoms with van der Waals surface area (Å²) in [4.78, 5) is 0. The summed E-state index contributed by atoms with van der Waals surface area (Å²) >= 11 is 0. The van der Waals surface area contributed by atoms with Gasteiger partial charge in [0.05, 0.1) is 43.2 Å². The van der Waals surface area contributed by atoms with Crippen molar-refractivity contribution in [3.63, 3.8) is 0 Å². The number of aliphatic hydroxyl groups excluding tert-OH is 1. The van der Waals surface area contributed by atoms with Crippen molar-refractivity contribution in [3.05, 3.63) is 48.0 Å². The maximum Gasteiger partial charge on any atom is 0.192 e. The fourth-order valence-electron chi connectivity index (χ4n) is 5.58. The number of benzene rings is 1. The molecule has 43 heavy (non-hydrogen) atoms. The lowest BCUT2D eigenvalue weighted by atomic mass is 9.94. The maximum atomic E-state index is 11.0. The molecule has 248 valence electrons. The van der Waals surface area contributed by atoms with Crippen LogP contribution in [-0.2, 0) is 25.2 Å². The summed E-state index contributed by atoms with van der Waals surface area (Å²) < 4.78 is 25.8. The van der Waals surface area contributed by atoms with Crippen LogP contribution in [0.4, 0.5) is 0 Å². The van der Waals surface area contributed by atoms with E-state index in [1.54, 1.807) is 0 Å². The molecule has 1 heterocycles. The first-order chi connectivity index (χ1) is 20.0. The van der Waals surface area contributed by atoms with Gasteiger partial charge in [-0.1, -0.05) is 90.4 Å². The molecule has 0 unspecified atom stereocenters. The summed E-state index contributed by atoms with van der Waals surface area (Å²) in [6, 6.07) is 10.3. The number of hydrogen-bond donors (Lipinski definition) is 1. The first-order valence-corrected chi connectivity index (χ1v) is 19.9. The number of hydrogen-bond acceptors (Lipinski definition) is 5. The topological polar surface area (TPSA) is 57.2 Å². The molecule has 1 aliphatic heterocycles. The summed E-state index contributed by atoms with van der Waals surface area (Å²) in [5.74, 6) is 0.320. The monoisotopic (exact) mass is 618 g/mol. The van der Waals surface area contributed by atoms with Crippen LogP contribution in [0.3, 0.4) is 0 Å². The van der Waals surface area contributed by atoms with Crippen molar-refractivity contribution in [2.45, 2.75) is 168 Å². The van der Waals surface area contributed by atoms with Crippen molar-refractivity contribution in [2.24, 2.45) is 11.8 Å². The highest BCUT2D eigenvalue weighted by Gasteiger charge is 2.40. The van der Waals surface area contributed by atoms with Crippen molar-refractivity contribution in [3.8, 4) is 0 Å². The van der Waals surface area contributed by atoms with Gasteiger partial charge in [0.25, 0.3) is 0 Å². The van der Waals surface area contributed by atoms with E-state index in [0.717, 1.165) is 44.9 Å². The summed E-state index contributed by atoms with van der Waals surface area (Å²) in [6.45, 7) is 25.8. The van der Waals surface area contributed by atoms with Crippen molar-refractivity contribution >= 4 is 8.32 Å². The lowest BCUT2D eigenvalue weighted by Gasteiger charge is -2.40. The van der Waals surface area contributed by atoms with E-state index in [-0.39, 0.29) is 46.9 Å². The molecule has 1 aliphatic rings. The predicted octanol–water partition coefficient (Wildman–Crippen LogP) is 9.48. The Hall–Kier alpha value is -1.02. The van der Waals surface area contributed by atoms with Crippen LogP contribution < -0.4 is 0 Å². The molecule has 1 aromatic rings. The number of allylic oxidation sites excluding steroid dienone is 1. The van der Waals surface area contributed by atoms with E-state index >= 15 is 0 Å². The van der Waals surface area contributed by atoms with Crippen LogP contribution >= 0.6 is 0 Å². The number of aliphatic hydroxyl groups is 1. The Kier molecular flexibility index (Phi) is 15.6. The predicted molar refractivity (Wildman–Crippen MR) is 183 cm³/mol. The first kappa shape index (κ1) is 38.2. The normalized spacial score (nSPS) is 22.0. The molecule has 0 aromatic heterocycles. The van der Waals surface area contributed by atoms with Crippen molar-refractivity contribution in [1.82, 2.24) is 0 Å². The van der Waals surface area contributed by atoms with Crippen molar-refractivity contribution in [2.75, 3.05) is 6.61 Å². The van der Waals surface area contributed by atoms with Crippen LogP contribution in [0.25, 0.3) is 0 Å². The van der Waals surface area contributed by atoms with Crippen LogP contribution in [0.5, 0.6) is 0 Å². The van der Waals surface area contributed by atoms with Gasteiger partial charge >= 0.3 is 0 Å². The van der Waals surface area contributed by atoms with E-state index in [1.165, 1.54) is 5.56 Å². The van der Waals surface area contributed by atoms with Gasteiger partial charge in [0.1, 0.15) is 0 Å². The number of ether oxygens (including phenoxy) is 3. The molecular weight excluding hydrogens is 552 g/mol. The van der Waals surface area contributed by atoms with Gasteiger partial charge in [-0.2, -0.15) is 0 Å². The molecule has 2 rings (SSSR count). The molecular formula is C37H66O5Si. The third kappa shape index (κ3) is 13.9. The summed E-state index contributed by atoms with van der Waals surface area (Å²) in [5.41, 5.74) is 0.963. The lowest BCUT2D eigenvalue weighted by molar-refractivity contribution is -0.0986. The van der Waals surface area contributed by atoms with Crippen LogP contribution in [0, 0.1) is 11.8 Å². The standard InChI is InChI=1S/C37H66O5Si/c1-12-18-32(42-43(10,11)37(7,8)9)25-31-23-24-35(40-31)29(3)33(38)21-16-17-22-34(41-36(4,5)6)28(2)26-39-27-30-19-14-13-15-20-30/h13-16,19-21,28-29,31-35,38H,12,17-18,22-27H2,1-11H3/b21-16+/t28-,29-,31-,32-,33+,34+,35+/m0/s1. The summed E-state index contributed by atoms with van der Waals surface area (Å²) in [5, 5.41) is 11.2. The third-order valence-corrected chi connectivity index (χ3v) is 13.8. The SMILES string of the molecule is CCC[C@@H](C[C@@H]1CC[C@H]([C@@H](C)[C@H](O)/C=C/CC[C@@H](OC(C)(C)C)[C@@H](C)COCc2ccccc2)O1)O[Si](C)(C)C(C)(C)C. The average molecular weight is 619 g/mol. The zero-order valence-corrected chi connectivity index (χ0v) is 30.5. The van der Waals surface area contributed by atoms with Gasteiger partial charge in [-0.15, -0.1) is 0 Å². The second kappa shape index (κ2) is 17.6. The van der Waals surface area contributed by atoms with E-state index in [9.17, 15) is 5.11 Å². The molecule has 0 radical (unpaired) electrons. The Labute approximate surface area is 266 Å². The molecule has 0 spiro atoms. The quantitative estimate of drug-likeness (QED) is 0.131. The summed E-state index contributed by atoms with van der Waals surface area (Å²) in [7, 11) is -1.82. The van der Waals surface area contributed by atoms with Gasteiger partial charge in [-0.05, 0) is 83.0 Å². The molecule has 0 aliphatic carbocycles. The van der Waals surface area contributed by atoms with Crippen LogP contribution in [0.1, 0.15) is 113 Å². The average Bonchev–Trinajstić information content (AvgIpc) is 3.37. The van der Waals surface area contributed by atoms with Crippen LogP contribution in [0.15, 0.2) is 42.5 Å². The van der Waals surface area contributed by atoms with Gasteiger partial charge in [-0.3, -0.25) is 0 Å². The zero-order valence-electron chi connectivity index (χ0n) is 29.5. The number of rotatable bonds is 18. The second-order valence-electron chi connectivity index (χ2n) is 15.5. The third-order valence-electron chi connectivity index (χ3n) is 9.25. The van der Waals surface area contributed by atoms with E-state index in [0.29, 0.717) is 13.2 Å². The van der Waals surface area contributed by atoms with Crippen LogP contribution in [-0.4, -0.2) is 56.2 Å².